The molecular weight excluding hydrogens is 390 g/mol. The molecule has 32 heavy (non-hydrogen) atoms. The van der Waals surface area contributed by atoms with Crippen LogP contribution in [0.15, 0.2) is 16.5 Å². The van der Waals surface area contributed by atoms with Gasteiger partial charge in [0.15, 0.2) is 11.5 Å². The first-order chi connectivity index (χ1) is 15.4. The van der Waals surface area contributed by atoms with Gasteiger partial charge >= 0.3 is 0 Å². The zero-order valence-corrected chi connectivity index (χ0v) is 22.0. The molecule has 2 nitrogen and oxygen atoms in total. The van der Waals surface area contributed by atoms with Crippen LogP contribution in [0, 0.1) is 6.92 Å². The Kier molecular flexibility index (Phi) is 12.4. The first kappa shape index (κ1) is 26.9. The highest BCUT2D eigenvalue weighted by Gasteiger charge is 2.20. The van der Waals surface area contributed by atoms with Gasteiger partial charge in [-0.2, -0.15) is 0 Å². The largest absolute Gasteiger partial charge is 0.441 e. The molecular formula is C30H51NO. The first-order valence-electron chi connectivity index (χ1n) is 13.8. The number of oxazole rings is 1. The number of aromatic nitrogens is 1. The van der Waals surface area contributed by atoms with Crippen LogP contribution in [0.5, 0.6) is 0 Å². The van der Waals surface area contributed by atoms with Gasteiger partial charge in [-0.3, -0.25) is 0 Å². The molecule has 0 amide bonds. The Morgan fingerprint density at radius 2 is 1.16 bits per heavy atom. The minimum atomic E-state index is 0.144. The molecule has 0 aliphatic heterocycles. The Bertz CT molecular complexity index is 752. The van der Waals surface area contributed by atoms with Gasteiger partial charge in [-0.05, 0) is 41.5 Å². The number of hydrogen-bond donors (Lipinski definition) is 0. The summed E-state index contributed by atoms with van der Waals surface area (Å²) < 4.78 is 5.80. The smallest absolute Gasteiger partial charge is 0.192 e. The molecule has 0 unspecified atom stereocenters. The van der Waals surface area contributed by atoms with E-state index in [1.54, 1.807) is 0 Å². The summed E-state index contributed by atoms with van der Waals surface area (Å²) in [6.07, 6.45) is 23.9. The van der Waals surface area contributed by atoms with E-state index in [0.717, 1.165) is 23.4 Å². The molecule has 0 N–H and O–H groups in total. The highest BCUT2D eigenvalue weighted by molar-refractivity contribution is 5.75. The molecule has 2 rings (SSSR count). The number of hydrogen-bond acceptors (Lipinski definition) is 2. The van der Waals surface area contributed by atoms with E-state index in [-0.39, 0.29) is 5.41 Å². The zero-order chi connectivity index (χ0) is 23.2. The molecule has 0 aliphatic carbocycles. The minimum absolute atomic E-state index is 0.144. The third-order valence-electron chi connectivity index (χ3n) is 6.83. The van der Waals surface area contributed by atoms with Crippen molar-refractivity contribution >= 4 is 11.1 Å². The Balaban J connectivity index is 1.53. The normalized spacial score (nSPS) is 12.2. The first-order valence-corrected chi connectivity index (χ1v) is 13.8. The maximum Gasteiger partial charge on any atom is 0.192 e. The van der Waals surface area contributed by atoms with Crippen molar-refractivity contribution in [2.24, 2.45) is 0 Å². The summed E-state index contributed by atoms with van der Waals surface area (Å²) >= 11 is 0. The van der Waals surface area contributed by atoms with Crippen molar-refractivity contribution in [1.29, 1.82) is 0 Å². The predicted octanol–water partition coefficient (Wildman–Crippen LogP) is 10.2. The fraction of sp³-hybridized carbons (Fsp3) is 0.767. The van der Waals surface area contributed by atoms with Crippen molar-refractivity contribution in [1.82, 2.24) is 4.98 Å². The molecule has 0 radical (unpaired) electrons. The van der Waals surface area contributed by atoms with Crippen LogP contribution in [0.1, 0.15) is 147 Å². The Morgan fingerprint density at radius 1 is 0.688 bits per heavy atom. The molecule has 2 aromatic rings. The van der Waals surface area contributed by atoms with Gasteiger partial charge < -0.3 is 4.42 Å². The number of rotatable bonds is 17. The van der Waals surface area contributed by atoms with Crippen LogP contribution in [-0.2, 0) is 11.8 Å². The maximum absolute atomic E-state index is 5.80. The molecule has 182 valence electrons. The molecule has 1 heterocycles. The van der Waals surface area contributed by atoms with Crippen molar-refractivity contribution in [2.75, 3.05) is 0 Å². The van der Waals surface area contributed by atoms with Crippen LogP contribution in [0.2, 0.25) is 0 Å². The summed E-state index contributed by atoms with van der Waals surface area (Å²) in [7, 11) is 0. The average Bonchev–Trinajstić information content (AvgIpc) is 3.11. The van der Waals surface area contributed by atoms with Crippen LogP contribution in [0.4, 0.5) is 0 Å². The van der Waals surface area contributed by atoms with Crippen LogP contribution in [0.25, 0.3) is 11.1 Å². The number of nitrogens with zero attached hydrogens (tertiary/aromatic N) is 1. The lowest BCUT2D eigenvalue weighted by Gasteiger charge is -2.23. The van der Waals surface area contributed by atoms with Gasteiger partial charge in [-0.15, -0.1) is 0 Å². The second kappa shape index (κ2) is 14.8. The van der Waals surface area contributed by atoms with Gasteiger partial charge in [-0.25, -0.2) is 4.98 Å². The van der Waals surface area contributed by atoms with Gasteiger partial charge in [-0.1, -0.05) is 124 Å². The van der Waals surface area contributed by atoms with Crippen LogP contribution < -0.4 is 0 Å². The van der Waals surface area contributed by atoms with Crippen molar-refractivity contribution < 1.29 is 4.42 Å². The second-order valence-corrected chi connectivity index (χ2v) is 11.0. The molecule has 0 saturated heterocycles. The van der Waals surface area contributed by atoms with Crippen molar-refractivity contribution in [3.63, 3.8) is 0 Å². The summed E-state index contributed by atoms with van der Waals surface area (Å²) in [5.74, 6) is 0.763. The zero-order valence-electron chi connectivity index (χ0n) is 22.0. The summed E-state index contributed by atoms with van der Waals surface area (Å²) in [5.41, 5.74) is 4.97. The van der Waals surface area contributed by atoms with E-state index < -0.39 is 0 Å². The Labute approximate surface area is 199 Å². The van der Waals surface area contributed by atoms with Gasteiger partial charge in [0, 0.05) is 6.92 Å². The van der Waals surface area contributed by atoms with Crippen LogP contribution in [0.3, 0.4) is 0 Å². The van der Waals surface area contributed by atoms with Gasteiger partial charge in [0.2, 0.25) is 0 Å². The van der Waals surface area contributed by atoms with Crippen molar-refractivity contribution in [3.05, 3.63) is 29.2 Å². The minimum Gasteiger partial charge on any atom is -0.441 e. The standard InChI is InChI=1S/C30H51NO/c1-6-7-8-9-10-11-12-13-14-15-16-17-18-19-20-21-22-26-23-29-28(31-25(2)32-29)24-27(26)30(3,4)5/h23-24H,6-22H2,1-5H3. The number of aryl methyl sites for hydroxylation is 2. The lowest BCUT2D eigenvalue weighted by Crippen LogP contribution is -2.14. The maximum atomic E-state index is 5.80. The van der Waals surface area contributed by atoms with Gasteiger partial charge in [0.05, 0.1) is 0 Å². The highest BCUT2D eigenvalue weighted by Crippen LogP contribution is 2.31. The molecule has 2 heteroatoms. The molecule has 0 fully saturated rings. The molecule has 0 spiro atoms. The topological polar surface area (TPSA) is 26.0 Å². The summed E-state index contributed by atoms with van der Waals surface area (Å²) in [5, 5.41) is 0. The number of fused-ring (bicyclic) bond motifs is 1. The quantitative estimate of drug-likeness (QED) is 0.228. The summed E-state index contributed by atoms with van der Waals surface area (Å²) in [4.78, 5) is 4.54. The third kappa shape index (κ3) is 10.1. The van der Waals surface area contributed by atoms with Crippen molar-refractivity contribution in [3.8, 4) is 0 Å². The Hall–Kier alpha value is -1.31. The number of benzene rings is 1. The number of unbranched alkanes of at least 4 members (excludes halogenated alkanes) is 15. The average molecular weight is 442 g/mol. The van der Waals surface area contributed by atoms with Crippen LogP contribution >= 0.6 is 0 Å². The van der Waals surface area contributed by atoms with E-state index in [9.17, 15) is 0 Å². The Morgan fingerprint density at radius 3 is 1.62 bits per heavy atom. The van der Waals surface area contributed by atoms with E-state index >= 15 is 0 Å². The highest BCUT2D eigenvalue weighted by atomic mass is 16.3. The second-order valence-electron chi connectivity index (χ2n) is 11.0. The van der Waals surface area contributed by atoms with Gasteiger partial charge in [0.1, 0.15) is 5.52 Å². The fourth-order valence-electron chi connectivity index (χ4n) is 4.90. The van der Waals surface area contributed by atoms with Gasteiger partial charge in [0.25, 0.3) is 0 Å². The van der Waals surface area contributed by atoms with Crippen LogP contribution in [-0.4, -0.2) is 4.98 Å². The van der Waals surface area contributed by atoms with E-state index in [4.69, 9.17) is 4.42 Å². The van der Waals surface area contributed by atoms with E-state index in [0.29, 0.717) is 0 Å². The lowest BCUT2D eigenvalue weighted by atomic mass is 9.82. The molecule has 0 aliphatic rings. The monoisotopic (exact) mass is 441 g/mol. The molecule has 1 aromatic carbocycles. The van der Waals surface area contributed by atoms with E-state index in [1.165, 1.54) is 114 Å². The predicted molar refractivity (Wildman–Crippen MR) is 141 cm³/mol. The lowest BCUT2D eigenvalue weighted by molar-refractivity contribution is 0.528. The van der Waals surface area contributed by atoms with E-state index in [1.807, 2.05) is 6.92 Å². The molecule has 1 aromatic heterocycles. The summed E-state index contributed by atoms with van der Waals surface area (Å²) in [6, 6.07) is 4.51. The molecule has 0 saturated carbocycles. The fourth-order valence-corrected chi connectivity index (χ4v) is 4.90. The summed E-state index contributed by atoms with van der Waals surface area (Å²) in [6.45, 7) is 11.1. The van der Waals surface area contributed by atoms with E-state index in [2.05, 4.69) is 44.8 Å². The molecule has 0 bridgehead atoms. The SMILES string of the molecule is CCCCCCCCCCCCCCCCCCc1cc2oc(C)nc2cc1C(C)(C)C. The third-order valence-corrected chi connectivity index (χ3v) is 6.83. The van der Waals surface area contributed by atoms with Crippen molar-refractivity contribution in [2.45, 2.75) is 149 Å². The molecule has 0 atom stereocenters.